The van der Waals surface area contributed by atoms with Gasteiger partial charge in [0, 0.05) is 0 Å². The molecule has 0 saturated carbocycles. The molecular formula is C8H12N2O4. The van der Waals surface area contributed by atoms with Crippen LogP contribution in [0.15, 0.2) is 0 Å². The maximum Gasteiger partial charge on any atom is 0.316 e. The van der Waals surface area contributed by atoms with Crippen molar-refractivity contribution in [2.24, 2.45) is 0 Å². The van der Waals surface area contributed by atoms with Gasteiger partial charge in [0.25, 0.3) is 0 Å². The number of esters is 2. The van der Waals surface area contributed by atoms with Gasteiger partial charge in [-0.1, -0.05) is 0 Å². The van der Waals surface area contributed by atoms with Crippen LogP contribution >= 0.6 is 0 Å². The molecule has 0 aromatic carbocycles. The number of hydrogen-bond donors (Lipinski definition) is 0. The largest absolute Gasteiger partial charge is 0.475 e. The summed E-state index contributed by atoms with van der Waals surface area (Å²) < 4.78 is 12.2. The van der Waals surface area contributed by atoms with E-state index in [0.29, 0.717) is 0 Å². The van der Waals surface area contributed by atoms with Crippen LogP contribution in [-0.4, -0.2) is 57.2 Å². The minimum Gasteiger partial charge on any atom is -0.475 e. The number of carbonyl (C=O) groups is 2. The van der Waals surface area contributed by atoms with Gasteiger partial charge < -0.3 is 19.0 Å². The molecule has 0 aliphatic heterocycles. The van der Waals surface area contributed by atoms with E-state index in [0.717, 1.165) is 14.2 Å². The van der Waals surface area contributed by atoms with Crippen molar-refractivity contribution in [2.45, 2.75) is 0 Å². The van der Waals surface area contributed by atoms with Crippen molar-refractivity contribution in [1.29, 1.82) is 0 Å². The van der Waals surface area contributed by atoms with Crippen LogP contribution in [0, 0.1) is 0 Å². The second-order valence-electron chi connectivity index (χ2n) is 2.44. The molecule has 0 spiro atoms. The highest BCUT2D eigenvalue weighted by Crippen LogP contribution is 1.81. The summed E-state index contributed by atoms with van der Waals surface area (Å²) in [5.74, 6) is -1.71. The van der Waals surface area contributed by atoms with Gasteiger partial charge in [0.05, 0.1) is 28.3 Å². The lowest BCUT2D eigenvalue weighted by molar-refractivity contribution is -0.138. The zero-order valence-electron chi connectivity index (χ0n) is 8.53. The fourth-order valence-electron chi connectivity index (χ4n) is 0.518. The molecule has 14 heavy (non-hydrogen) atoms. The predicted molar refractivity (Wildman–Crippen MR) is 49.9 cm³/mol. The van der Waals surface area contributed by atoms with Gasteiger partial charge in [-0.15, -0.1) is 0 Å². The van der Waals surface area contributed by atoms with Gasteiger partial charge in [-0.05, 0) is 0 Å². The van der Waals surface area contributed by atoms with E-state index < -0.39 is 17.7 Å². The summed E-state index contributed by atoms with van der Waals surface area (Å²) in [6.07, 6.45) is 2.40. The van der Waals surface area contributed by atoms with E-state index in [4.69, 9.17) is 0 Å². The van der Waals surface area contributed by atoms with Crippen molar-refractivity contribution in [3.05, 3.63) is 0 Å². The van der Waals surface area contributed by atoms with Crippen LogP contribution in [0.2, 0.25) is 0 Å². The Morgan fingerprint density at radius 1 is 1.14 bits per heavy atom. The summed E-state index contributed by atoms with van der Waals surface area (Å²) in [7, 11) is 5.60. The second-order valence-corrected chi connectivity index (χ2v) is 2.44. The lowest BCUT2D eigenvalue weighted by Crippen LogP contribution is -2.30. The first-order valence-electron chi connectivity index (χ1n) is 3.70. The van der Waals surface area contributed by atoms with E-state index in [1.165, 1.54) is 4.90 Å². The van der Waals surface area contributed by atoms with Crippen molar-refractivity contribution in [3.8, 4) is 0 Å². The van der Waals surface area contributed by atoms with E-state index in [9.17, 15) is 9.59 Å². The van der Waals surface area contributed by atoms with E-state index in [2.05, 4.69) is 20.5 Å². The molecule has 6 nitrogen and oxygen atoms in total. The molecule has 0 radical (unpaired) electrons. The summed E-state index contributed by atoms with van der Waals surface area (Å²) in [5.41, 5.74) is -0.441. The first-order valence-corrected chi connectivity index (χ1v) is 3.70. The third-order valence-corrected chi connectivity index (χ3v) is 1.12. The first kappa shape index (κ1) is 12.2. The Labute approximate surface area is 81.8 Å². The molecule has 78 valence electrons. The van der Waals surface area contributed by atoms with Crippen LogP contribution in [0.3, 0.4) is 0 Å². The number of ether oxygens (including phenoxy) is 2. The van der Waals surface area contributed by atoms with Crippen molar-refractivity contribution in [2.75, 3.05) is 28.3 Å². The molecule has 0 rings (SSSR count). The highest BCUT2D eigenvalue weighted by Gasteiger charge is 2.17. The van der Waals surface area contributed by atoms with Crippen molar-refractivity contribution < 1.29 is 19.1 Å². The summed E-state index contributed by atoms with van der Waals surface area (Å²) in [5, 5.41) is 0. The van der Waals surface area contributed by atoms with E-state index in [1.54, 1.807) is 14.1 Å². The van der Waals surface area contributed by atoms with Gasteiger partial charge in [-0.2, -0.15) is 0 Å². The summed E-state index contributed by atoms with van der Waals surface area (Å²) in [6.45, 7) is 0. The van der Waals surface area contributed by atoms with Gasteiger partial charge in [0.2, 0.25) is 12.1 Å². The van der Waals surface area contributed by atoms with Gasteiger partial charge in [0.15, 0.2) is 0 Å². The first-order chi connectivity index (χ1) is 6.52. The lowest BCUT2D eigenvalue weighted by Gasteiger charge is -2.02. The summed E-state index contributed by atoms with van der Waals surface area (Å²) in [6, 6.07) is 0. The average molecular weight is 200 g/mol. The fourth-order valence-corrected chi connectivity index (χ4v) is 0.518. The zero-order valence-corrected chi connectivity index (χ0v) is 8.53. The van der Waals surface area contributed by atoms with Crippen LogP contribution in [0.4, 0.5) is 0 Å². The number of rotatable bonds is 3. The van der Waals surface area contributed by atoms with Crippen molar-refractivity contribution >= 4 is 24.0 Å². The normalized spacial score (nSPS) is 8.29. The Morgan fingerprint density at radius 2 is 1.57 bits per heavy atom. The second kappa shape index (κ2) is 5.77. The van der Waals surface area contributed by atoms with Gasteiger partial charge >= 0.3 is 11.9 Å². The molecule has 0 atom stereocenters. The minimum absolute atomic E-state index is 0.441. The summed E-state index contributed by atoms with van der Waals surface area (Å²) in [4.78, 5) is 23.5. The number of hydrogen-bond acceptors (Lipinski definition) is 4. The molecular weight excluding hydrogens is 188 g/mol. The van der Waals surface area contributed by atoms with Crippen LogP contribution in [0.1, 0.15) is 0 Å². The molecule has 0 N–H and O–H groups in total. The van der Waals surface area contributed by atoms with Gasteiger partial charge in [0.1, 0.15) is 0 Å². The molecule has 0 unspecified atom stereocenters. The molecule has 0 aromatic heterocycles. The molecule has 6 heteroatoms. The van der Waals surface area contributed by atoms with Crippen LogP contribution in [-0.2, 0) is 19.1 Å². The topological polar surface area (TPSA) is 69.9 Å². The third kappa shape index (κ3) is 3.73. The van der Waals surface area contributed by atoms with Crippen LogP contribution in [0.25, 0.3) is 0 Å². The van der Waals surface area contributed by atoms with Gasteiger partial charge in [-0.3, -0.25) is 9.59 Å². The number of nitrogens with zero attached hydrogens (tertiary/aromatic N) is 2. The monoisotopic (exact) mass is 200 g/mol. The van der Waals surface area contributed by atoms with Crippen molar-refractivity contribution in [1.82, 2.24) is 9.57 Å². The SMILES string of the molecule is COC(=O)C(=[N+]=[C-]N(C)C)C(=O)OC. The molecule has 0 aliphatic carbocycles. The van der Waals surface area contributed by atoms with Gasteiger partial charge in [-0.25, -0.2) is 0 Å². The fraction of sp³-hybridized carbons (Fsp3) is 0.500. The van der Waals surface area contributed by atoms with E-state index in [1.807, 2.05) is 0 Å². The van der Waals surface area contributed by atoms with E-state index in [-0.39, 0.29) is 0 Å². The zero-order chi connectivity index (χ0) is 11.1. The average Bonchev–Trinajstić information content (AvgIpc) is 2.16. The molecule has 0 aromatic rings. The third-order valence-electron chi connectivity index (χ3n) is 1.12. The smallest absolute Gasteiger partial charge is 0.316 e. The molecule has 0 aliphatic rings. The number of carbonyl (C=O) groups excluding carboxylic acids is 2. The minimum atomic E-state index is -0.855. The molecule has 0 fully saturated rings. The molecule has 0 amide bonds. The van der Waals surface area contributed by atoms with Crippen LogP contribution < -0.4 is 4.67 Å². The Balaban J connectivity index is 5.00. The molecule has 0 saturated heterocycles. The quantitative estimate of drug-likeness (QED) is 0.103. The number of methoxy groups -OCH3 is 2. The highest BCUT2D eigenvalue weighted by atomic mass is 16.5. The highest BCUT2D eigenvalue weighted by molar-refractivity contribution is 6.62. The van der Waals surface area contributed by atoms with Crippen molar-refractivity contribution in [3.63, 3.8) is 0 Å². The summed E-state index contributed by atoms with van der Waals surface area (Å²) >= 11 is 0. The Morgan fingerprint density at radius 3 is 1.86 bits per heavy atom. The Bertz CT molecular complexity index is 272. The maximum absolute atomic E-state index is 11.0. The van der Waals surface area contributed by atoms with Crippen LogP contribution in [0.5, 0.6) is 0 Å². The Kier molecular flexibility index (Phi) is 5.02. The Hall–Kier alpha value is -1.81. The molecule has 0 heterocycles. The maximum atomic E-state index is 11.0. The van der Waals surface area contributed by atoms with E-state index >= 15 is 0 Å². The molecule has 0 bridgehead atoms. The standard InChI is InChI=1S/C8H12N2O4/c1-10(2)5-9-6(7(11)13-3)8(12)14-4/h1-4H3. The predicted octanol–water partition coefficient (Wildman–Crippen LogP) is -1.69. The lowest BCUT2D eigenvalue weighted by atomic mass is 10.4.